The topological polar surface area (TPSA) is 118 Å². The summed E-state index contributed by atoms with van der Waals surface area (Å²) in [7, 11) is 1.48. The summed E-state index contributed by atoms with van der Waals surface area (Å²) in [6, 6.07) is 7.84. The van der Waals surface area contributed by atoms with Gasteiger partial charge in [-0.2, -0.15) is 10.2 Å². The monoisotopic (exact) mass is 373 g/mol. The molecule has 0 radical (unpaired) electrons. The number of thioether (sulfide) groups is 1. The van der Waals surface area contributed by atoms with Gasteiger partial charge < -0.3 is 9.15 Å². The van der Waals surface area contributed by atoms with Gasteiger partial charge in [-0.3, -0.25) is 5.10 Å². The predicted molar refractivity (Wildman–Crippen MR) is 89.8 cm³/mol. The number of furan rings is 1. The summed E-state index contributed by atoms with van der Waals surface area (Å²) in [5.74, 6) is 2.50. The van der Waals surface area contributed by atoms with Gasteiger partial charge in [0.1, 0.15) is 17.3 Å². The third-order valence-corrected chi connectivity index (χ3v) is 4.26. The molecule has 0 saturated carbocycles. The van der Waals surface area contributed by atoms with Crippen LogP contribution in [0.4, 0.5) is 4.39 Å². The van der Waals surface area contributed by atoms with Crippen LogP contribution in [0.1, 0.15) is 5.82 Å². The Kier molecular flexibility index (Phi) is 4.35. The van der Waals surface area contributed by atoms with Crippen LogP contribution in [-0.4, -0.2) is 42.9 Å². The van der Waals surface area contributed by atoms with E-state index in [1.807, 2.05) is 0 Å². The van der Waals surface area contributed by atoms with Crippen molar-refractivity contribution in [3.63, 3.8) is 0 Å². The Morgan fingerprint density at radius 1 is 1.19 bits per heavy atom. The van der Waals surface area contributed by atoms with E-state index in [2.05, 4.69) is 35.8 Å². The van der Waals surface area contributed by atoms with Gasteiger partial charge in [-0.05, 0) is 24.3 Å². The van der Waals surface area contributed by atoms with Gasteiger partial charge in [0.05, 0.1) is 12.9 Å². The van der Waals surface area contributed by atoms with Gasteiger partial charge >= 0.3 is 0 Å². The molecule has 0 amide bonds. The minimum Gasteiger partial charge on any atom is -0.497 e. The predicted octanol–water partition coefficient (Wildman–Crippen LogP) is 2.68. The van der Waals surface area contributed by atoms with Crippen molar-refractivity contribution in [3.05, 3.63) is 42.0 Å². The van der Waals surface area contributed by atoms with E-state index in [0.29, 0.717) is 45.4 Å². The molecule has 26 heavy (non-hydrogen) atoms. The SMILES string of the molecule is COc1cc(F)cc(-c2ccc(-c3nc(SCc4nn[nH]n4)n[nH]3)o2)c1. The second kappa shape index (κ2) is 6.96. The number of nitrogens with one attached hydrogen (secondary N) is 2. The normalized spacial score (nSPS) is 11.0. The first-order valence-corrected chi connectivity index (χ1v) is 8.42. The van der Waals surface area contributed by atoms with Crippen LogP contribution in [0.15, 0.2) is 39.9 Å². The number of tetrazole rings is 1. The van der Waals surface area contributed by atoms with Crippen LogP contribution < -0.4 is 4.74 Å². The van der Waals surface area contributed by atoms with E-state index in [0.717, 1.165) is 0 Å². The summed E-state index contributed by atoms with van der Waals surface area (Å²) < 4.78 is 24.5. The molecule has 0 fully saturated rings. The van der Waals surface area contributed by atoms with Crippen LogP contribution >= 0.6 is 11.8 Å². The largest absolute Gasteiger partial charge is 0.497 e. The van der Waals surface area contributed by atoms with E-state index >= 15 is 0 Å². The molecule has 11 heteroatoms. The van der Waals surface area contributed by atoms with E-state index in [4.69, 9.17) is 9.15 Å². The molecular weight excluding hydrogens is 361 g/mol. The summed E-state index contributed by atoms with van der Waals surface area (Å²) in [5.41, 5.74) is 0.569. The molecule has 9 nitrogen and oxygen atoms in total. The molecule has 2 N–H and O–H groups in total. The van der Waals surface area contributed by atoms with E-state index in [-0.39, 0.29) is 0 Å². The lowest BCUT2D eigenvalue weighted by atomic mass is 10.1. The van der Waals surface area contributed by atoms with Crippen molar-refractivity contribution in [1.82, 2.24) is 35.8 Å². The Bertz CT molecular complexity index is 1010. The number of H-pyrrole nitrogens is 2. The van der Waals surface area contributed by atoms with Gasteiger partial charge in [0.15, 0.2) is 17.4 Å². The Hall–Kier alpha value is -3.21. The minimum atomic E-state index is -0.405. The number of hydrogen-bond acceptors (Lipinski definition) is 8. The van der Waals surface area contributed by atoms with Crippen LogP contribution in [0, 0.1) is 5.82 Å². The molecule has 4 rings (SSSR count). The lowest BCUT2D eigenvalue weighted by molar-refractivity contribution is 0.411. The van der Waals surface area contributed by atoms with E-state index in [1.165, 1.54) is 31.0 Å². The quantitative estimate of drug-likeness (QED) is 0.495. The number of halogens is 1. The number of aromatic nitrogens is 7. The van der Waals surface area contributed by atoms with Crippen molar-refractivity contribution < 1.29 is 13.5 Å². The van der Waals surface area contributed by atoms with Crippen molar-refractivity contribution in [1.29, 1.82) is 0 Å². The van der Waals surface area contributed by atoms with Gasteiger partial charge in [-0.15, -0.1) is 15.3 Å². The molecule has 0 spiro atoms. The Morgan fingerprint density at radius 2 is 2.08 bits per heavy atom. The molecule has 0 aliphatic carbocycles. The smallest absolute Gasteiger partial charge is 0.209 e. The fraction of sp³-hybridized carbons (Fsp3) is 0.133. The van der Waals surface area contributed by atoms with Crippen LogP contribution in [0.2, 0.25) is 0 Å². The summed E-state index contributed by atoms with van der Waals surface area (Å²) in [5, 5.41) is 21.0. The zero-order valence-corrected chi connectivity index (χ0v) is 14.2. The van der Waals surface area contributed by atoms with Crippen LogP contribution in [0.25, 0.3) is 22.9 Å². The summed E-state index contributed by atoms with van der Waals surface area (Å²) in [4.78, 5) is 4.36. The highest BCUT2D eigenvalue weighted by Crippen LogP contribution is 2.30. The second-order valence-corrected chi connectivity index (χ2v) is 6.07. The number of aromatic amines is 2. The third kappa shape index (κ3) is 3.42. The average Bonchev–Trinajstić information content (AvgIpc) is 3.40. The van der Waals surface area contributed by atoms with Crippen molar-refractivity contribution in [2.24, 2.45) is 0 Å². The zero-order chi connectivity index (χ0) is 17.9. The highest BCUT2D eigenvalue weighted by atomic mass is 32.2. The van der Waals surface area contributed by atoms with Crippen LogP contribution in [0.5, 0.6) is 5.75 Å². The molecule has 132 valence electrons. The Morgan fingerprint density at radius 3 is 2.88 bits per heavy atom. The van der Waals surface area contributed by atoms with Gasteiger partial charge in [0, 0.05) is 11.6 Å². The van der Waals surface area contributed by atoms with E-state index < -0.39 is 5.82 Å². The maximum Gasteiger partial charge on any atom is 0.209 e. The number of methoxy groups -OCH3 is 1. The fourth-order valence-electron chi connectivity index (χ4n) is 2.24. The molecule has 0 aliphatic heterocycles. The van der Waals surface area contributed by atoms with E-state index in [9.17, 15) is 4.39 Å². The number of ether oxygens (including phenoxy) is 1. The highest BCUT2D eigenvalue weighted by molar-refractivity contribution is 7.98. The maximum atomic E-state index is 13.7. The fourth-order valence-corrected chi connectivity index (χ4v) is 2.88. The highest BCUT2D eigenvalue weighted by Gasteiger charge is 2.13. The molecule has 4 aromatic rings. The Labute approximate surface area is 150 Å². The number of hydrogen-bond donors (Lipinski definition) is 2. The summed E-state index contributed by atoms with van der Waals surface area (Å²) in [6.45, 7) is 0. The third-order valence-electron chi connectivity index (χ3n) is 3.42. The van der Waals surface area contributed by atoms with E-state index in [1.54, 1.807) is 18.2 Å². The van der Waals surface area contributed by atoms with Gasteiger partial charge in [-0.25, -0.2) is 4.39 Å². The minimum absolute atomic E-state index is 0.405. The first-order valence-electron chi connectivity index (χ1n) is 7.44. The van der Waals surface area contributed by atoms with Crippen molar-refractivity contribution in [3.8, 4) is 28.7 Å². The number of rotatable bonds is 6. The zero-order valence-electron chi connectivity index (χ0n) is 13.4. The summed E-state index contributed by atoms with van der Waals surface area (Å²) >= 11 is 1.36. The number of benzene rings is 1. The molecule has 3 heterocycles. The van der Waals surface area contributed by atoms with Crippen LogP contribution in [-0.2, 0) is 5.75 Å². The van der Waals surface area contributed by atoms with Crippen molar-refractivity contribution in [2.45, 2.75) is 10.9 Å². The Balaban J connectivity index is 1.52. The van der Waals surface area contributed by atoms with Crippen molar-refractivity contribution in [2.75, 3.05) is 7.11 Å². The molecule has 1 aromatic carbocycles. The maximum absolute atomic E-state index is 13.7. The van der Waals surface area contributed by atoms with Gasteiger partial charge in [-0.1, -0.05) is 17.0 Å². The standard InChI is InChI=1S/C15H12FN7O2S/c1-24-10-5-8(4-9(16)6-10)11-2-3-12(25-11)14-17-15(21-20-14)26-7-13-18-22-23-19-13/h2-6H,7H2,1H3,(H,17,20,21)(H,18,19,22,23). The molecule has 0 unspecified atom stereocenters. The lowest BCUT2D eigenvalue weighted by Gasteiger charge is -2.03. The van der Waals surface area contributed by atoms with Gasteiger partial charge in [0.2, 0.25) is 5.16 Å². The lowest BCUT2D eigenvalue weighted by Crippen LogP contribution is -1.86. The summed E-state index contributed by atoms with van der Waals surface area (Å²) in [6.07, 6.45) is 0. The molecule has 0 atom stereocenters. The van der Waals surface area contributed by atoms with Gasteiger partial charge in [0.25, 0.3) is 0 Å². The molecular formula is C15H12FN7O2S. The second-order valence-electron chi connectivity index (χ2n) is 5.13. The average molecular weight is 373 g/mol. The molecule has 0 bridgehead atoms. The number of nitrogens with zero attached hydrogens (tertiary/aromatic N) is 5. The first-order chi connectivity index (χ1) is 12.7. The molecule has 3 aromatic heterocycles. The first kappa shape index (κ1) is 16.3. The van der Waals surface area contributed by atoms with Crippen molar-refractivity contribution >= 4 is 11.8 Å². The molecule has 0 aliphatic rings. The molecule has 0 saturated heterocycles. The van der Waals surface area contributed by atoms with Crippen LogP contribution in [0.3, 0.4) is 0 Å².